The third kappa shape index (κ3) is 3.21. The zero-order chi connectivity index (χ0) is 18.1. The summed E-state index contributed by atoms with van der Waals surface area (Å²) >= 11 is 0. The SMILES string of the molecule is COc1cc2c(cc1OCCCN1CCCC1)[nH]c1cc(C)nc(F)c12. The molecule has 3 heterocycles. The number of likely N-dealkylation sites (tertiary alicyclic amines) is 1. The third-order valence-electron chi connectivity index (χ3n) is 5.02. The average Bonchev–Trinajstić information content (AvgIpc) is 3.24. The number of hydrogen-bond acceptors (Lipinski definition) is 4. The first kappa shape index (κ1) is 17.1. The maximum absolute atomic E-state index is 14.3. The number of nitrogens with zero attached hydrogens (tertiary/aromatic N) is 2. The second-order valence-electron chi connectivity index (χ2n) is 6.90. The minimum absolute atomic E-state index is 0.465. The number of nitrogens with one attached hydrogen (secondary N) is 1. The molecule has 0 amide bonds. The van der Waals surface area contributed by atoms with Crippen molar-refractivity contribution in [2.75, 3.05) is 33.4 Å². The molecule has 138 valence electrons. The molecular weight excluding hydrogens is 333 g/mol. The fraction of sp³-hybridized carbons (Fsp3) is 0.450. The zero-order valence-corrected chi connectivity index (χ0v) is 15.3. The molecule has 0 atom stereocenters. The highest BCUT2D eigenvalue weighted by Gasteiger charge is 2.16. The molecule has 0 unspecified atom stereocenters. The summed E-state index contributed by atoms with van der Waals surface area (Å²) in [5.41, 5.74) is 2.20. The Kier molecular flexibility index (Phi) is 4.68. The van der Waals surface area contributed by atoms with Gasteiger partial charge in [-0.3, -0.25) is 0 Å². The fourth-order valence-electron chi connectivity index (χ4n) is 3.75. The Morgan fingerprint density at radius 2 is 1.96 bits per heavy atom. The molecule has 1 aliphatic heterocycles. The lowest BCUT2D eigenvalue weighted by Crippen LogP contribution is -2.21. The van der Waals surface area contributed by atoms with Crippen molar-refractivity contribution in [2.24, 2.45) is 0 Å². The fourth-order valence-corrected chi connectivity index (χ4v) is 3.75. The molecule has 0 saturated carbocycles. The Labute approximate surface area is 152 Å². The molecular formula is C20H24FN3O2. The zero-order valence-electron chi connectivity index (χ0n) is 15.3. The lowest BCUT2D eigenvalue weighted by atomic mass is 10.1. The number of halogens is 1. The van der Waals surface area contributed by atoms with Crippen LogP contribution < -0.4 is 9.47 Å². The van der Waals surface area contributed by atoms with Crippen LogP contribution in [0.15, 0.2) is 18.2 Å². The summed E-state index contributed by atoms with van der Waals surface area (Å²) in [5.74, 6) is 0.824. The second kappa shape index (κ2) is 7.11. The highest BCUT2D eigenvalue weighted by molar-refractivity contribution is 6.08. The van der Waals surface area contributed by atoms with Gasteiger partial charge in [0.15, 0.2) is 11.5 Å². The number of aromatic nitrogens is 2. The van der Waals surface area contributed by atoms with Crippen LogP contribution in [0.4, 0.5) is 4.39 Å². The van der Waals surface area contributed by atoms with Crippen LogP contribution in [-0.4, -0.2) is 48.2 Å². The Balaban J connectivity index is 1.58. The van der Waals surface area contributed by atoms with Gasteiger partial charge in [0.1, 0.15) is 0 Å². The Morgan fingerprint density at radius 1 is 1.15 bits per heavy atom. The van der Waals surface area contributed by atoms with E-state index in [1.165, 1.54) is 25.9 Å². The standard InChI is InChI=1S/C20H24FN3O2/c1-13-10-16-19(20(21)22-13)14-11-17(25-2)18(12-15(14)23-16)26-9-5-8-24-6-3-4-7-24/h10-12,23H,3-9H2,1-2H3. The summed E-state index contributed by atoms with van der Waals surface area (Å²) in [7, 11) is 1.60. The molecule has 0 aliphatic carbocycles. The summed E-state index contributed by atoms with van der Waals surface area (Å²) < 4.78 is 25.8. The molecule has 1 N–H and O–H groups in total. The maximum atomic E-state index is 14.3. The van der Waals surface area contributed by atoms with Gasteiger partial charge in [-0.1, -0.05) is 0 Å². The molecule has 0 radical (unpaired) electrons. The number of aromatic amines is 1. The first-order valence-electron chi connectivity index (χ1n) is 9.17. The van der Waals surface area contributed by atoms with Gasteiger partial charge in [0.25, 0.3) is 0 Å². The number of rotatable bonds is 6. The van der Waals surface area contributed by atoms with E-state index < -0.39 is 5.95 Å². The number of fused-ring (bicyclic) bond motifs is 3. The van der Waals surface area contributed by atoms with Crippen molar-refractivity contribution >= 4 is 21.8 Å². The summed E-state index contributed by atoms with van der Waals surface area (Å²) in [4.78, 5) is 9.67. The molecule has 1 fully saturated rings. The normalized spacial score (nSPS) is 15.2. The van der Waals surface area contributed by atoms with Gasteiger partial charge in [-0.05, 0) is 51.4 Å². The lowest BCUT2D eigenvalue weighted by Gasteiger charge is -2.15. The van der Waals surface area contributed by atoms with Crippen LogP contribution in [0.1, 0.15) is 25.0 Å². The van der Waals surface area contributed by atoms with Gasteiger partial charge in [-0.15, -0.1) is 0 Å². The van der Waals surface area contributed by atoms with Gasteiger partial charge < -0.3 is 19.4 Å². The summed E-state index contributed by atoms with van der Waals surface area (Å²) in [6, 6.07) is 5.56. The first-order valence-corrected chi connectivity index (χ1v) is 9.17. The van der Waals surface area contributed by atoms with Gasteiger partial charge in [-0.25, -0.2) is 4.98 Å². The number of methoxy groups -OCH3 is 1. The first-order chi connectivity index (χ1) is 12.7. The van der Waals surface area contributed by atoms with E-state index in [-0.39, 0.29) is 0 Å². The molecule has 26 heavy (non-hydrogen) atoms. The van der Waals surface area contributed by atoms with Gasteiger partial charge >= 0.3 is 0 Å². The van der Waals surface area contributed by atoms with Gasteiger partial charge in [0, 0.05) is 23.7 Å². The van der Waals surface area contributed by atoms with Crippen LogP contribution in [0.25, 0.3) is 21.8 Å². The predicted molar refractivity (Wildman–Crippen MR) is 101 cm³/mol. The van der Waals surface area contributed by atoms with E-state index in [4.69, 9.17) is 9.47 Å². The largest absolute Gasteiger partial charge is 0.493 e. The van der Waals surface area contributed by atoms with Crippen molar-refractivity contribution in [1.82, 2.24) is 14.9 Å². The van der Waals surface area contributed by atoms with E-state index in [9.17, 15) is 4.39 Å². The molecule has 6 heteroatoms. The number of hydrogen-bond donors (Lipinski definition) is 1. The second-order valence-corrected chi connectivity index (χ2v) is 6.90. The third-order valence-corrected chi connectivity index (χ3v) is 5.02. The Morgan fingerprint density at radius 3 is 2.73 bits per heavy atom. The number of benzene rings is 1. The smallest absolute Gasteiger partial charge is 0.223 e. The number of H-pyrrole nitrogens is 1. The molecule has 5 nitrogen and oxygen atoms in total. The van der Waals surface area contributed by atoms with E-state index in [0.29, 0.717) is 29.2 Å². The highest BCUT2D eigenvalue weighted by atomic mass is 19.1. The molecule has 0 spiro atoms. The molecule has 1 aliphatic rings. The van der Waals surface area contributed by atoms with Gasteiger partial charge in [0.05, 0.1) is 30.1 Å². The topological polar surface area (TPSA) is 50.4 Å². The van der Waals surface area contributed by atoms with E-state index in [2.05, 4.69) is 14.9 Å². The maximum Gasteiger partial charge on any atom is 0.223 e. The molecule has 4 rings (SSSR count). The van der Waals surface area contributed by atoms with Gasteiger partial charge in [-0.2, -0.15) is 4.39 Å². The van der Waals surface area contributed by atoms with Crippen LogP contribution in [0, 0.1) is 12.9 Å². The van der Waals surface area contributed by atoms with Crippen LogP contribution >= 0.6 is 0 Å². The Bertz CT molecular complexity index is 932. The van der Waals surface area contributed by atoms with Crippen LogP contribution in [0.2, 0.25) is 0 Å². The van der Waals surface area contributed by atoms with Crippen LogP contribution in [0.3, 0.4) is 0 Å². The van der Waals surface area contributed by atoms with Crippen molar-refractivity contribution in [2.45, 2.75) is 26.2 Å². The van der Waals surface area contributed by atoms with Crippen LogP contribution in [-0.2, 0) is 0 Å². The average molecular weight is 357 g/mol. The van der Waals surface area contributed by atoms with E-state index in [1.54, 1.807) is 14.0 Å². The number of aryl methyl sites for hydroxylation is 1. The molecule has 2 aromatic heterocycles. The van der Waals surface area contributed by atoms with E-state index in [0.717, 1.165) is 29.4 Å². The molecule has 0 bridgehead atoms. The quantitative estimate of drug-likeness (QED) is 0.534. The Hall–Kier alpha value is -2.34. The minimum atomic E-state index is -0.465. The predicted octanol–water partition coefficient (Wildman–Crippen LogP) is 4.04. The molecule has 1 saturated heterocycles. The number of ether oxygens (including phenoxy) is 2. The van der Waals surface area contributed by atoms with Crippen molar-refractivity contribution in [3.63, 3.8) is 0 Å². The van der Waals surface area contributed by atoms with Crippen molar-refractivity contribution in [3.8, 4) is 11.5 Å². The lowest BCUT2D eigenvalue weighted by molar-refractivity contribution is 0.254. The van der Waals surface area contributed by atoms with Crippen molar-refractivity contribution in [1.29, 1.82) is 0 Å². The van der Waals surface area contributed by atoms with Gasteiger partial charge in [0.2, 0.25) is 5.95 Å². The molecule has 3 aromatic rings. The van der Waals surface area contributed by atoms with E-state index >= 15 is 0 Å². The molecule has 1 aromatic carbocycles. The minimum Gasteiger partial charge on any atom is -0.493 e. The summed E-state index contributed by atoms with van der Waals surface area (Å²) in [5, 5.41) is 1.25. The van der Waals surface area contributed by atoms with E-state index in [1.807, 2.05) is 18.2 Å². The van der Waals surface area contributed by atoms with Crippen molar-refractivity contribution < 1.29 is 13.9 Å². The van der Waals surface area contributed by atoms with Crippen molar-refractivity contribution in [3.05, 3.63) is 29.8 Å². The summed E-state index contributed by atoms with van der Waals surface area (Å²) in [6.45, 7) is 5.87. The van der Waals surface area contributed by atoms with Crippen LogP contribution in [0.5, 0.6) is 11.5 Å². The summed E-state index contributed by atoms with van der Waals surface area (Å²) in [6.07, 6.45) is 3.58. The monoisotopic (exact) mass is 357 g/mol. The number of pyridine rings is 1. The highest BCUT2D eigenvalue weighted by Crippen LogP contribution is 2.36.